The highest BCUT2D eigenvalue weighted by molar-refractivity contribution is 7.16. The average Bonchev–Trinajstić information content (AvgIpc) is 3.27. The number of hydrogen-bond donors (Lipinski definition) is 1. The second kappa shape index (κ2) is 7.44. The summed E-state index contributed by atoms with van der Waals surface area (Å²) in [5, 5.41) is 7.59. The Labute approximate surface area is 163 Å². The fraction of sp³-hybridized carbons (Fsp3) is 0.222. The number of anilines is 1. The fourth-order valence-corrected chi connectivity index (χ4v) is 4.81. The molecule has 0 fully saturated rings. The summed E-state index contributed by atoms with van der Waals surface area (Å²) in [4.78, 5) is 20.0. The number of amides is 1. The van der Waals surface area contributed by atoms with Gasteiger partial charge in [-0.15, -0.1) is 11.3 Å². The van der Waals surface area contributed by atoms with Crippen LogP contribution in [-0.2, 0) is 19.5 Å². The maximum absolute atomic E-state index is 14.0. The standard InChI is InChI=1S/C18H15ClFN3OS2/c19-13-2-1-3-14(20)12(13)8-23-6-4-15-16(9-23)26-18(21-15)22-17(24)11-5-7-25-10-11/h1-3,5,7,10H,4,6,8-9H2,(H,21,22,24). The van der Waals surface area contributed by atoms with Crippen molar-refractivity contribution in [1.29, 1.82) is 0 Å². The van der Waals surface area contributed by atoms with Crippen LogP contribution in [0.3, 0.4) is 0 Å². The van der Waals surface area contributed by atoms with Gasteiger partial charge in [0.1, 0.15) is 5.82 Å². The van der Waals surface area contributed by atoms with Gasteiger partial charge in [-0.25, -0.2) is 9.37 Å². The predicted molar refractivity (Wildman–Crippen MR) is 104 cm³/mol. The van der Waals surface area contributed by atoms with E-state index in [9.17, 15) is 9.18 Å². The zero-order valence-electron chi connectivity index (χ0n) is 13.7. The van der Waals surface area contributed by atoms with Crippen molar-refractivity contribution in [2.75, 3.05) is 11.9 Å². The number of fused-ring (bicyclic) bond motifs is 1. The molecule has 1 aromatic carbocycles. The van der Waals surface area contributed by atoms with Gasteiger partial charge in [0.25, 0.3) is 5.91 Å². The molecule has 0 spiro atoms. The monoisotopic (exact) mass is 407 g/mol. The molecule has 1 amide bonds. The first-order chi connectivity index (χ1) is 12.6. The molecule has 0 atom stereocenters. The first-order valence-corrected chi connectivity index (χ1v) is 10.2. The maximum Gasteiger partial charge on any atom is 0.258 e. The van der Waals surface area contributed by atoms with Crippen LogP contribution in [-0.4, -0.2) is 22.3 Å². The second-order valence-corrected chi connectivity index (χ2v) is 8.29. The van der Waals surface area contributed by atoms with Crippen LogP contribution in [0.4, 0.5) is 9.52 Å². The topological polar surface area (TPSA) is 45.2 Å². The van der Waals surface area contributed by atoms with Crippen molar-refractivity contribution >= 4 is 45.3 Å². The summed E-state index contributed by atoms with van der Waals surface area (Å²) in [5.41, 5.74) is 2.17. The summed E-state index contributed by atoms with van der Waals surface area (Å²) >= 11 is 9.10. The maximum atomic E-state index is 14.0. The lowest BCUT2D eigenvalue weighted by Gasteiger charge is -2.26. The summed E-state index contributed by atoms with van der Waals surface area (Å²) in [6.07, 6.45) is 0.770. The summed E-state index contributed by atoms with van der Waals surface area (Å²) < 4.78 is 14.0. The van der Waals surface area contributed by atoms with Crippen molar-refractivity contribution in [2.24, 2.45) is 0 Å². The van der Waals surface area contributed by atoms with Crippen LogP contribution in [0.2, 0.25) is 5.02 Å². The van der Waals surface area contributed by atoms with E-state index in [1.165, 1.54) is 28.7 Å². The average molecular weight is 408 g/mol. The van der Waals surface area contributed by atoms with Crippen LogP contribution >= 0.6 is 34.3 Å². The van der Waals surface area contributed by atoms with E-state index in [4.69, 9.17) is 11.6 Å². The molecule has 1 aliphatic heterocycles. The molecule has 1 aliphatic rings. The zero-order valence-corrected chi connectivity index (χ0v) is 16.1. The van der Waals surface area contributed by atoms with Crippen molar-refractivity contribution in [3.8, 4) is 0 Å². The number of carbonyl (C=O) groups excluding carboxylic acids is 1. The van der Waals surface area contributed by atoms with Crippen molar-refractivity contribution in [3.63, 3.8) is 0 Å². The Morgan fingerprint density at radius 1 is 1.38 bits per heavy atom. The number of thiazole rings is 1. The molecule has 26 heavy (non-hydrogen) atoms. The van der Waals surface area contributed by atoms with Crippen LogP contribution in [0.15, 0.2) is 35.0 Å². The molecule has 134 valence electrons. The van der Waals surface area contributed by atoms with E-state index >= 15 is 0 Å². The highest BCUT2D eigenvalue weighted by Gasteiger charge is 2.23. The second-order valence-electron chi connectivity index (χ2n) is 6.02. The molecular formula is C18H15ClFN3OS2. The molecule has 0 unspecified atom stereocenters. The number of hydrogen-bond acceptors (Lipinski definition) is 5. The van der Waals surface area contributed by atoms with E-state index < -0.39 is 0 Å². The highest BCUT2D eigenvalue weighted by Crippen LogP contribution is 2.30. The molecule has 1 N–H and O–H groups in total. The number of nitrogens with one attached hydrogen (secondary N) is 1. The molecule has 8 heteroatoms. The van der Waals surface area contributed by atoms with E-state index in [1.807, 2.05) is 10.8 Å². The van der Waals surface area contributed by atoms with Gasteiger partial charge in [0.15, 0.2) is 5.13 Å². The van der Waals surface area contributed by atoms with Gasteiger partial charge in [-0.2, -0.15) is 11.3 Å². The van der Waals surface area contributed by atoms with Gasteiger partial charge in [-0.3, -0.25) is 15.0 Å². The summed E-state index contributed by atoms with van der Waals surface area (Å²) in [7, 11) is 0. The highest BCUT2D eigenvalue weighted by atomic mass is 35.5. The molecule has 2 aromatic heterocycles. The van der Waals surface area contributed by atoms with E-state index in [2.05, 4.69) is 15.2 Å². The third-order valence-corrected chi connectivity index (χ3v) is 6.29. The number of carbonyl (C=O) groups is 1. The Kier molecular flexibility index (Phi) is 5.04. The Morgan fingerprint density at radius 3 is 3.04 bits per heavy atom. The number of halogens is 2. The predicted octanol–water partition coefficient (Wildman–Crippen LogP) is 4.81. The smallest absolute Gasteiger partial charge is 0.258 e. The van der Waals surface area contributed by atoms with E-state index in [-0.39, 0.29) is 11.7 Å². The van der Waals surface area contributed by atoms with Crippen LogP contribution in [0.25, 0.3) is 0 Å². The third-order valence-electron chi connectivity index (χ3n) is 4.26. The van der Waals surface area contributed by atoms with Crippen molar-refractivity contribution in [1.82, 2.24) is 9.88 Å². The van der Waals surface area contributed by atoms with Gasteiger partial charge in [0, 0.05) is 46.9 Å². The number of thiophene rings is 1. The first-order valence-electron chi connectivity index (χ1n) is 8.07. The van der Waals surface area contributed by atoms with Gasteiger partial charge >= 0.3 is 0 Å². The lowest BCUT2D eigenvalue weighted by atomic mass is 10.1. The minimum Gasteiger partial charge on any atom is -0.298 e. The van der Waals surface area contributed by atoms with Crippen LogP contribution in [0, 0.1) is 5.82 Å². The first kappa shape index (κ1) is 17.6. The van der Waals surface area contributed by atoms with E-state index in [0.29, 0.717) is 34.4 Å². The van der Waals surface area contributed by atoms with Gasteiger partial charge in [0.2, 0.25) is 0 Å². The molecule has 0 saturated carbocycles. The number of benzene rings is 1. The van der Waals surface area contributed by atoms with Crippen LogP contribution in [0.5, 0.6) is 0 Å². The van der Waals surface area contributed by atoms with Crippen LogP contribution < -0.4 is 5.32 Å². The molecule has 0 bridgehead atoms. The molecular weight excluding hydrogens is 393 g/mol. The lowest BCUT2D eigenvalue weighted by molar-refractivity contribution is 0.102. The molecule has 4 rings (SSSR count). The molecule has 0 saturated heterocycles. The normalized spacial score (nSPS) is 14.2. The molecule has 3 aromatic rings. The van der Waals surface area contributed by atoms with Gasteiger partial charge in [-0.1, -0.05) is 17.7 Å². The minimum absolute atomic E-state index is 0.146. The third kappa shape index (κ3) is 3.66. The molecule has 4 nitrogen and oxygen atoms in total. The minimum atomic E-state index is -0.281. The zero-order chi connectivity index (χ0) is 18.1. The summed E-state index contributed by atoms with van der Waals surface area (Å²) in [6, 6.07) is 6.54. The Morgan fingerprint density at radius 2 is 2.27 bits per heavy atom. The Hall–Kier alpha value is -1.80. The summed E-state index contributed by atoms with van der Waals surface area (Å²) in [5.74, 6) is -0.427. The van der Waals surface area contributed by atoms with E-state index in [1.54, 1.807) is 18.2 Å². The van der Waals surface area contributed by atoms with Crippen molar-refractivity contribution in [3.05, 3.63) is 67.6 Å². The van der Waals surface area contributed by atoms with Gasteiger partial charge in [-0.05, 0) is 23.6 Å². The van der Waals surface area contributed by atoms with E-state index in [0.717, 1.165) is 23.5 Å². The van der Waals surface area contributed by atoms with Crippen LogP contribution in [0.1, 0.15) is 26.5 Å². The van der Waals surface area contributed by atoms with Gasteiger partial charge in [0.05, 0.1) is 11.3 Å². The summed E-state index contributed by atoms with van der Waals surface area (Å²) in [6.45, 7) is 1.91. The molecule has 0 aliphatic carbocycles. The Balaban J connectivity index is 1.46. The SMILES string of the molecule is O=C(Nc1nc2c(s1)CN(Cc1c(F)cccc1Cl)CC2)c1ccsc1. The number of rotatable bonds is 4. The molecule has 3 heterocycles. The van der Waals surface area contributed by atoms with Crippen molar-refractivity contribution in [2.45, 2.75) is 19.5 Å². The quantitative estimate of drug-likeness (QED) is 0.675. The molecule has 0 radical (unpaired) electrons. The Bertz CT molecular complexity index is 922. The number of aromatic nitrogens is 1. The fourth-order valence-electron chi connectivity index (χ4n) is 2.91. The lowest BCUT2D eigenvalue weighted by Crippen LogP contribution is -2.29. The largest absolute Gasteiger partial charge is 0.298 e. The van der Waals surface area contributed by atoms with Crippen molar-refractivity contribution < 1.29 is 9.18 Å². The number of nitrogens with zero attached hydrogens (tertiary/aromatic N) is 2. The van der Waals surface area contributed by atoms with Gasteiger partial charge < -0.3 is 0 Å².